The summed E-state index contributed by atoms with van der Waals surface area (Å²) in [7, 11) is 0. The Morgan fingerprint density at radius 1 is 1.12 bits per heavy atom. The summed E-state index contributed by atoms with van der Waals surface area (Å²) in [6.07, 6.45) is 0. The Labute approximate surface area is 150 Å². The molecule has 1 fully saturated rings. The van der Waals surface area contributed by atoms with Crippen LogP contribution in [0.25, 0.3) is 0 Å². The van der Waals surface area contributed by atoms with Crippen molar-refractivity contribution in [3.63, 3.8) is 0 Å². The molecule has 2 amide bonds. The van der Waals surface area contributed by atoms with Crippen LogP contribution in [0.3, 0.4) is 0 Å². The number of rotatable bonds is 4. The van der Waals surface area contributed by atoms with E-state index in [2.05, 4.69) is 0 Å². The first-order valence-electron chi connectivity index (χ1n) is 8.02. The van der Waals surface area contributed by atoms with Gasteiger partial charge in [-0.2, -0.15) is 0 Å². The average Bonchev–Trinajstić information content (AvgIpc) is 2.59. The van der Waals surface area contributed by atoms with Crippen LogP contribution in [0, 0.1) is 5.82 Å². The number of hydrogen-bond donors (Lipinski definition) is 0. The number of nitrogens with zero attached hydrogens (tertiary/aromatic N) is 2. The van der Waals surface area contributed by atoms with E-state index in [1.54, 1.807) is 17.9 Å². The van der Waals surface area contributed by atoms with E-state index < -0.39 is 11.9 Å². The van der Waals surface area contributed by atoms with E-state index in [-0.39, 0.29) is 29.9 Å². The van der Waals surface area contributed by atoms with Crippen molar-refractivity contribution in [3.05, 3.63) is 70.5 Å². The first-order chi connectivity index (χ1) is 12.0. The zero-order chi connectivity index (χ0) is 18.0. The molecule has 1 aliphatic heterocycles. The highest BCUT2D eigenvalue weighted by Crippen LogP contribution is 2.23. The number of carbonyl (C=O) groups excluding carboxylic acids is 2. The number of halogens is 2. The predicted octanol–water partition coefficient (Wildman–Crippen LogP) is 3.24. The maximum Gasteiger partial charge on any atom is 0.245 e. The topological polar surface area (TPSA) is 40.6 Å². The molecule has 1 aliphatic rings. The van der Waals surface area contributed by atoms with Crippen molar-refractivity contribution in [1.29, 1.82) is 0 Å². The Balaban J connectivity index is 1.74. The second kappa shape index (κ2) is 7.23. The highest BCUT2D eigenvalue weighted by Gasteiger charge is 2.36. The van der Waals surface area contributed by atoms with E-state index in [0.29, 0.717) is 12.1 Å². The summed E-state index contributed by atoms with van der Waals surface area (Å²) in [4.78, 5) is 28.3. The molecule has 0 N–H and O–H groups in total. The molecule has 1 saturated heterocycles. The normalized spacial score (nSPS) is 18.0. The van der Waals surface area contributed by atoms with Gasteiger partial charge in [0.2, 0.25) is 11.8 Å². The average molecular weight is 361 g/mol. The molecule has 2 aromatic carbocycles. The summed E-state index contributed by atoms with van der Waals surface area (Å²) in [6.45, 7) is 2.32. The summed E-state index contributed by atoms with van der Waals surface area (Å²) >= 11 is 6.04. The molecule has 3 rings (SSSR count). The monoisotopic (exact) mass is 360 g/mol. The van der Waals surface area contributed by atoms with Crippen molar-refractivity contribution in [2.75, 3.05) is 6.54 Å². The molecule has 1 heterocycles. The lowest BCUT2D eigenvalue weighted by atomic mass is 10.1. The standard InChI is InChI=1S/C19H18ClFN2O2/c1-13-19(25)22(10-14-5-3-2-4-6-14)12-18(24)23(13)11-15-7-8-16(21)9-17(15)20/h2-9,13H,10-12H2,1H3/t13-/m0/s1. The fraction of sp³-hybridized carbons (Fsp3) is 0.263. The molecule has 25 heavy (non-hydrogen) atoms. The summed E-state index contributed by atoms with van der Waals surface area (Å²) in [6, 6.07) is 13.0. The van der Waals surface area contributed by atoms with Gasteiger partial charge in [-0.3, -0.25) is 9.59 Å². The Morgan fingerprint density at radius 2 is 1.84 bits per heavy atom. The maximum atomic E-state index is 13.2. The van der Waals surface area contributed by atoms with Crippen molar-refractivity contribution in [1.82, 2.24) is 9.80 Å². The first-order valence-corrected chi connectivity index (χ1v) is 8.39. The number of benzene rings is 2. The molecule has 6 heteroatoms. The third-order valence-corrected chi connectivity index (χ3v) is 4.71. The third kappa shape index (κ3) is 3.82. The SMILES string of the molecule is C[C@H]1C(=O)N(Cc2ccccc2)CC(=O)N1Cc1ccc(F)cc1Cl. The summed E-state index contributed by atoms with van der Waals surface area (Å²) in [5.74, 6) is -0.693. The Bertz CT molecular complexity index is 797. The van der Waals surface area contributed by atoms with Gasteiger partial charge in [-0.1, -0.05) is 48.0 Å². The van der Waals surface area contributed by atoms with Crippen LogP contribution in [0.4, 0.5) is 4.39 Å². The van der Waals surface area contributed by atoms with Crippen LogP contribution in [-0.4, -0.2) is 34.2 Å². The predicted molar refractivity (Wildman–Crippen MR) is 93.3 cm³/mol. The van der Waals surface area contributed by atoms with Gasteiger partial charge in [-0.05, 0) is 30.2 Å². The highest BCUT2D eigenvalue weighted by molar-refractivity contribution is 6.31. The molecule has 0 aliphatic carbocycles. The number of hydrogen-bond acceptors (Lipinski definition) is 2. The van der Waals surface area contributed by atoms with Crippen LogP contribution in [0.1, 0.15) is 18.1 Å². The number of amides is 2. The van der Waals surface area contributed by atoms with Crippen molar-refractivity contribution in [2.45, 2.75) is 26.1 Å². The molecule has 0 unspecified atom stereocenters. The lowest BCUT2D eigenvalue weighted by molar-refractivity contribution is -0.156. The molecule has 0 spiro atoms. The smallest absolute Gasteiger partial charge is 0.245 e. The van der Waals surface area contributed by atoms with Gasteiger partial charge >= 0.3 is 0 Å². The minimum absolute atomic E-state index is 0.0247. The molecular weight excluding hydrogens is 343 g/mol. The van der Waals surface area contributed by atoms with Gasteiger partial charge in [-0.25, -0.2) is 4.39 Å². The van der Waals surface area contributed by atoms with Crippen LogP contribution < -0.4 is 0 Å². The molecule has 0 radical (unpaired) electrons. The van der Waals surface area contributed by atoms with Crippen molar-refractivity contribution in [3.8, 4) is 0 Å². The van der Waals surface area contributed by atoms with Gasteiger partial charge < -0.3 is 9.80 Å². The molecular formula is C19H18ClFN2O2. The fourth-order valence-corrected chi connectivity index (χ4v) is 3.17. The third-order valence-electron chi connectivity index (χ3n) is 4.36. The molecule has 2 aromatic rings. The lowest BCUT2D eigenvalue weighted by Gasteiger charge is -2.39. The minimum Gasteiger partial charge on any atom is -0.327 e. The van der Waals surface area contributed by atoms with Crippen LogP contribution in [-0.2, 0) is 22.7 Å². The number of carbonyl (C=O) groups is 2. The van der Waals surface area contributed by atoms with Gasteiger partial charge in [0, 0.05) is 18.1 Å². The quantitative estimate of drug-likeness (QED) is 0.839. The van der Waals surface area contributed by atoms with Gasteiger partial charge in [0.1, 0.15) is 18.4 Å². The largest absolute Gasteiger partial charge is 0.327 e. The summed E-state index contributed by atoms with van der Waals surface area (Å²) < 4.78 is 13.2. The van der Waals surface area contributed by atoms with E-state index in [0.717, 1.165) is 5.56 Å². The van der Waals surface area contributed by atoms with E-state index in [1.165, 1.54) is 17.0 Å². The summed E-state index contributed by atoms with van der Waals surface area (Å²) in [5.41, 5.74) is 1.60. The van der Waals surface area contributed by atoms with Crippen molar-refractivity contribution in [2.24, 2.45) is 0 Å². The van der Waals surface area contributed by atoms with E-state index in [4.69, 9.17) is 11.6 Å². The fourth-order valence-electron chi connectivity index (χ4n) is 2.94. The second-order valence-corrected chi connectivity index (χ2v) is 6.52. The highest BCUT2D eigenvalue weighted by atomic mass is 35.5. The van der Waals surface area contributed by atoms with Gasteiger partial charge in [0.15, 0.2) is 0 Å². The van der Waals surface area contributed by atoms with E-state index >= 15 is 0 Å². The van der Waals surface area contributed by atoms with Crippen LogP contribution in [0.15, 0.2) is 48.5 Å². The van der Waals surface area contributed by atoms with Crippen molar-refractivity contribution < 1.29 is 14.0 Å². The number of piperazine rings is 1. The molecule has 0 saturated carbocycles. The second-order valence-electron chi connectivity index (χ2n) is 6.11. The molecule has 0 bridgehead atoms. The van der Waals surface area contributed by atoms with Crippen LogP contribution in [0.2, 0.25) is 5.02 Å². The van der Waals surface area contributed by atoms with Crippen LogP contribution >= 0.6 is 11.6 Å². The van der Waals surface area contributed by atoms with Gasteiger partial charge in [0.25, 0.3) is 0 Å². The maximum absolute atomic E-state index is 13.2. The molecule has 0 aromatic heterocycles. The zero-order valence-corrected chi connectivity index (χ0v) is 14.5. The van der Waals surface area contributed by atoms with Gasteiger partial charge in [0.05, 0.1) is 0 Å². The lowest BCUT2D eigenvalue weighted by Crippen LogP contribution is -2.58. The van der Waals surface area contributed by atoms with Crippen LogP contribution in [0.5, 0.6) is 0 Å². The van der Waals surface area contributed by atoms with E-state index in [9.17, 15) is 14.0 Å². The molecule has 1 atom stereocenters. The molecule has 130 valence electrons. The summed E-state index contributed by atoms with van der Waals surface area (Å²) in [5, 5.41) is 0.249. The van der Waals surface area contributed by atoms with E-state index in [1.807, 2.05) is 30.3 Å². The Morgan fingerprint density at radius 3 is 2.52 bits per heavy atom. The van der Waals surface area contributed by atoms with Gasteiger partial charge in [-0.15, -0.1) is 0 Å². The zero-order valence-electron chi connectivity index (χ0n) is 13.8. The minimum atomic E-state index is -0.592. The Kier molecular flexibility index (Phi) is 5.04. The Hall–Kier alpha value is -2.40. The van der Waals surface area contributed by atoms with Crippen molar-refractivity contribution >= 4 is 23.4 Å². The molecule has 4 nitrogen and oxygen atoms in total. The first kappa shape index (κ1) is 17.4.